The third-order valence-corrected chi connectivity index (χ3v) is 6.23. The smallest absolute Gasteiger partial charge is 0.266 e. The Kier molecular flexibility index (Phi) is 4.92. The van der Waals surface area contributed by atoms with Crippen LogP contribution in [0, 0.1) is 5.82 Å². The van der Waals surface area contributed by atoms with Gasteiger partial charge in [0.1, 0.15) is 10.1 Å². The highest BCUT2D eigenvalue weighted by atomic mass is 32.2. The van der Waals surface area contributed by atoms with Gasteiger partial charge in [-0.25, -0.2) is 4.39 Å². The van der Waals surface area contributed by atoms with Crippen LogP contribution in [0.15, 0.2) is 53.4 Å². The summed E-state index contributed by atoms with van der Waals surface area (Å²) in [4.78, 5) is 15.2. The Bertz CT molecular complexity index is 868. The molecular weight excluding hydrogens is 365 g/mol. The number of rotatable bonds is 3. The number of nitrogens with zero attached hydrogens (tertiary/aromatic N) is 1. The van der Waals surface area contributed by atoms with E-state index in [1.807, 2.05) is 35.2 Å². The van der Waals surface area contributed by atoms with Crippen molar-refractivity contribution in [2.45, 2.75) is 31.7 Å². The van der Waals surface area contributed by atoms with Crippen LogP contribution in [0.25, 0.3) is 17.2 Å². The summed E-state index contributed by atoms with van der Waals surface area (Å²) in [6.45, 7) is 0. The monoisotopic (exact) mass is 383 g/mol. The third kappa shape index (κ3) is 3.46. The van der Waals surface area contributed by atoms with Gasteiger partial charge in [-0.2, -0.15) is 0 Å². The molecule has 1 heterocycles. The van der Waals surface area contributed by atoms with Crippen LogP contribution in [0.1, 0.15) is 31.2 Å². The summed E-state index contributed by atoms with van der Waals surface area (Å²) in [5.41, 5.74) is 2.94. The predicted octanol–water partition coefficient (Wildman–Crippen LogP) is 5.64. The molecule has 2 aromatic carbocycles. The number of thioether (sulfide) groups is 1. The number of benzene rings is 2. The molecule has 1 aliphatic heterocycles. The first kappa shape index (κ1) is 17.4. The van der Waals surface area contributed by atoms with Crippen molar-refractivity contribution in [3.8, 4) is 11.1 Å². The lowest BCUT2D eigenvalue weighted by Crippen LogP contribution is -2.36. The number of carbonyl (C=O) groups excluding carboxylic acids is 1. The molecule has 0 N–H and O–H groups in total. The number of halogens is 1. The summed E-state index contributed by atoms with van der Waals surface area (Å²) in [5, 5.41) is 0. The van der Waals surface area contributed by atoms with Crippen LogP contribution in [0.2, 0.25) is 0 Å². The summed E-state index contributed by atoms with van der Waals surface area (Å²) in [6.07, 6.45) is 6.35. The van der Waals surface area contributed by atoms with Gasteiger partial charge < -0.3 is 0 Å². The molecule has 2 nitrogen and oxygen atoms in total. The number of carbonyl (C=O) groups is 1. The fourth-order valence-corrected chi connectivity index (χ4v) is 4.92. The highest BCUT2D eigenvalue weighted by Gasteiger charge is 2.37. The Labute approximate surface area is 162 Å². The average Bonchev–Trinajstić information content (AvgIpc) is 3.25. The number of thiocarbonyl (C=S) groups is 1. The minimum absolute atomic E-state index is 0.0366. The first-order chi connectivity index (χ1) is 12.6. The van der Waals surface area contributed by atoms with Gasteiger partial charge in [0.2, 0.25) is 0 Å². The van der Waals surface area contributed by atoms with E-state index < -0.39 is 0 Å². The van der Waals surface area contributed by atoms with Crippen molar-refractivity contribution in [2.75, 3.05) is 0 Å². The molecule has 2 aliphatic rings. The van der Waals surface area contributed by atoms with Crippen LogP contribution in [0.5, 0.6) is 0 Å². The normalized spacial score (nSPS) is 19.7. The van der Waals surface area contributed by atoms with Gasteiger partial charge in [-0.3, -0.25) is 9.69 Å². The van der Waals surface area contributed by atoms with Crippen molar-refractivity contribution >= 4 is 40.3 Å². The maximum Gasteiger partial charge on any atom is 0.266 e. The van der Waals surface area contributed by atoms with Crippen LogP contribution >= 0.6 is 24.0 Å². The van der Waals surface area contributed by atoms with Crippen LogP contribution in [0.4, 0.5) is 4.39 Å². The van der Waals surface area contributed by atoms with Crippen LogP contribution in [0.3, 0.4) is 0 Å². The first-order valence-corrected chi connectivity index (χ1v) is 9.97. The number of hydrogen-bond acceptors (Lipinski definition) is 3. The minimum atomic E-state index is -0.241. The van der Waals surface area contributed by atoms with Crippen molar-refractivity contribution in [3.05, 3.63) is 64.8 Å². The molecule has 1 aliphatic carbocycles. The van der Waals surface area contributed by atoms with Gasteiger partial charge in [0.25, 0.3) is 5.91 Å². The molecule has 1 saturated carbocycles. The zero-order chi connectivity index (χ0) is 18.1. The topological polar surface area (TPSA) is 20.3 Å². The third-order valence-electron chi connectivity index (χ3n) is 4.90. The van der Waals surface area contributed by atoms with E-state index >= 15 is 0 Å². The Morgan fingerprint density at radius 2 is 1.58 bits per heavy atom. The minimum Gasteiger partial charge on any atom is -0.290 e. The van der Waals surface area contributed by atoms with E-state index in [1.165, 1.54) is 36.7 Å². The SMILES string of the molecule is O=C1/C(=C\c2ccc(-c3ccc(F)cc3)cc2)SC(=S)N1C1CCCC1. The van der Waals surface area contributed by atoms with E-state index in [9.17, 15) is 9.18 Å². The lowest BCUT2D eigenvalue weighted by Gasteiger charge is -2.21. The maximum absolute atomic E-state index is 13.0. The first-order valence-electron chi connectivity index (χ1n) is 8.75. The maximum atomic E-state index is 13.0. The highest BCUT2D eigenvalue weighted by molar-refractivity contribution is 8.26. The Hall–Kier alpha value is -1.98. The molecule has 1 saturated heterocycles. The number of amides is 1. The van der Waals surface area contributed by atoms with Gasteiger partial charge >= 0.3 is 0 Å². The van der Waals surface area contributed by atoms with Crippen molar-refractivity contribution in [2.24, 2.45) is 0 Å². The highest BCUT2D eigenvalue weighted by Crippen LogP contribution is 2.37. The molecule has 132 valence electrons. The largest absolute Gasteiger partial charge is 0.290 e. The van der Waals surface area contributed by atoms with Crippen LogP contribution in [-0.2, 0) is 4.79 Å². The summed E-state index contributed by atoms with van der Waals surface area (Å²) in [5.74, 6) is -0.204. The lowest BCUT2D eigenvalue weighted by molar-refractivity contribution is -0.123. The Balaban J connectivity index is 1.54. The summed E-state index contributed by atoms with van der Waals surface area (Å²) < 4.78 is 13.7. The van der Waals surface area contributed by atoms with Gasteiger partial charge in [-0.05, 0) is 47.7 Å². The van der Waals surface area contributed by atoms with Crippen molar-refractivity contribution < 1.29 is 9.18 Å². The molecule has 4 rings (SSSR count). The molecule has 26 heavy (non-hydrogen) atoms. The van der Waals surface area contributed by atoms with Gasteiger partial charge in [0, 0.05) is 6.04 Å². The fourth-order valence-electron chi connectivity index (χ4n) is 3.52. The lowest BCUT2D eigenvalue weighted by atomic mass is 10.0. The zero-order valence-corrected chi connectivity index (χ0v) is 15.8. The molecule has 0 atom stereocenters. The quantitative estimate of drug-likeness (QED) is 0.506. The molecule has 2 fully saturated rings. The second-order valence-electron chi connectivity index (χ2n) is 6.62. The molecule has 1 amide bonds. The van der Waals surface area contributed by atoms with E-state index in [-0.39, 0.29) is 17.8 Å². The van der Waals surface area contributed by atoms with E-state index in [0.717, 1.165) is 29.5 Å². The second kappa shape index (κ2) is 7.33. The van der Waals surface area contributed by atoms with Crippen LogP contribution < -0.4 is 0 Å². The molecule has 0 spiro atoms. The van der Waals surface area contributed by atoms with Crippen molar-refractivity contribution in [3.63, 3.8) is 0 Å². The molecule has 0 aromatic heterocycles. The second-order valence-corrected chi connectivity index (χ2v) is 8.29. The molecule has 0 unspecified atom stereocenters. The molecular formula is C21H18FNOS2. The average molecular weight is 384 g/mol. The Morgan fingerprint density at radius 1 is 1.00 bits per heavy atom. The van der Waals surface area contributed by atoms with Gasteiger partial charge in [0.05, 0.1) is 4.91 Å². The summed E-state index contributed by atoms with van der Waals surface area (Å²) in [7, 11) is 0. The summed E-state index contributed by atoms with van der Waals surface area (Å²) >= 11 is 6.83. The van der Waals surface area contributed by atoms with E-state index in [0.29, 0.717) is 9.23 Å². The van der Waals surface area contributed by atoms with Gasteiger partial charge in [-0.15, -0.1) is 0 Å². The zero-order valence-electron chi connectivity index (χ0n) is 14.2. The van der Waals surface area contributed by atoms with Crippen LogP contribution in [-0.4, -0.2) is 21.2 Å². The molecule has 2 aromatic rings. The molecule has 0 radical (unpaired) electrons. The number of hydrogen-bond donors (Lipinski definition) is 0. The molecule has 5 heteroatoms. The van der Waals surface area contributed by atoms with Crippen molar-refractivity contribution in [1.82, 2.24) is 4.90 Å². The van der Waals surface area contributed by atoms with Crippen molar-refractivity contribution in [1.29, 1.82) is 0 Å². The van der Waals surface area contributed by atoms with E-state index in [1.54, 1.807) is 12.1 Å². The fraction of sp³-hybridized carbons (Fsp3) is 0.238. The van der Waals surface area contributed by atoms with E-state index in [2.05, 4.69) is 0 Å². The molecule has 0 bridgehead atoms. The standard InChI is InChI=1S/C21H18FNOS2/c22-17-11-9-16(10-12-17)15-7-5-14(6-8-15)13-19-20(24)23(21(25)26-19)18-3-1-2-4-18/h5-13,18H,1-4H2/b19-13+. The van der Waals surface area contributed by atoms with Gasteiger partial charge in [-0.1, -0.05) is 73.2 Å². The predicted molar refractivity (Wildman–Crippen MR) is 109 cm³/mol. The Morgan fingerprint density at radius 3 is 2.19 bits per heavy atom. The summed E-state index contributed by atoms with van der Waals surface area (Å²) in [6, 6.07) is 14.6. The van der Waals surface area contributed by atoms with Gasteiger partial charge in [0.15, 0.2) is 0 Å². The van der Waals surface area contributed by atoms with E-state index in [4.69, 9.17) is 12.2 Å².